The molecular formula is C9H18O5. The van der Waals surface area contributed by atoms with Gasteiger partial charge in [-0.3, -0.25) is 4.89 Å². The number of unbranched alkanes of at least 4 members (excludes halogenated alkanes) is 1. The summed E-state index contributed by atoms with van der Waals surface area (Å²) in [7, 11) is 0. The third kappa shape index (κ3) is 9.28. The lowest BCUT2D eigenvalue weighted by atomic mass is 10.4. The minimum atomic E-state index is -0.828. The molecule has 5 nitrogen and oxygen atoms in total. The lowest BCUT2D eigenvalue weighted by Gasteiger charge is -2.04. The molecule has 0 heterocycles. The zero-order valence-electron chi connectivity index (χ0n) is 8.78. The number of rotatable bonds is 8. The molecule has 0 unspecified atom stereocenters. The van der Waals surface area contributed by atoms with Crippen LogP contribution < -0.4 is 0 Å². The highest BCUT2D eigenvalue weighted by Crippen LogP contribution is 1.90. The van der Waals surface area contributed by atoms with Gasteiger partial charge < -0.3 is 9.47 Å². The second kappa shape index (κ2) is 10.3. The van der Waals surface area contributed by atoms with Crippen LogP contribution in [0.5, 0.6) is 0 Å². The van der Waals surface area contributed by atoms with Crippen LogP contribution in [-0.2, 0) is 19.2 Å². The van der Waals surface area contributed by atoms with Crippen LogP contribution in [0.4, 0.5) is 4.79 Å². The Morgan fingerprint density at radius 1 is 1.14 bits per heavy atom. The van der Waals surface area contributed by atoms with Crippen molar-refractivity contribution in [3.63, 3.8) is 0 Å². The fourth-order valence-corrected chi connectivity index (χ4v) is 0.663. The Balaban J connectivity index is 3.07. The van der Waals surface area contributed by atoms with Crippen LogP contribution in [-0.4, -0.2) is 32.6 Å². The van der Waals surface area contributed by atoms with Crippen molar-refractivity contribution in [1.29, 1.82) is 0 Å². The smallest absolute Gasteiger partial charge is 0.430 e. The highest BCUT2D eigenvalue weighted by atomic mass is 17.2. The zero-order valence-corrected chi connectivity index (χ0v) is 8.78. The van der Waals surface area contributed by atoms with E-state index in [2.05, 4.69) is 21.4 Å². The van der Waals surface area contributed by atoms with Gasteiger partial charge in [-0.2, -0.15) is 4.89 Å². The predicted octanol–water partition coefficient (Wildman–Crippen LogP) is 1.91. The third-order valence-corrected chi connectivity index (χ3v) is 1.33. The van der Waals surface area contributed by atoms with Crippen LogP contribution in [0.1, 0.15) is 26.7 Å². The summed E-state index contributed by atoms with van der Waals surface area (Å²) in [4.78, 5) is 19.2. The molecule has 0 aliphatic rings. The Morgan fingerprint density at radius 3 is 2.57 bits per heavy atom. The van der Waals surface area contributed by atoms with Gasteiger partial charge >= 0.3 is 6.16 Å². The quantitative estimate of drug-likeness (QED) is 0.263. The van der Waals surface area contributed by atoms with Gasteiger partial charge in [-0.1, -0.05) is 13.3 Å². The molecule has 0 saturated heterocycles. The molecule has 84 valence electrons. The molecule has 0 aliphatic heterocycles. The van der Waals surface area contributed by atoms with Crippen LogP contribution >= 0.6 is 0 Å². The maximum atomic E-state index is 10.7. The van der Waals surface area contributed by atoms with Crippen molar-refractivity contribution in [2.45, 2.75) is 26.7 Å². The van der Waals surface area contributed by atoms with Gasteiger partial charge in [0, 0.05) is 6.61 Å². The first-order valence-corrected chi connectivity index (χ1v) is 4.85. The Kier molecular flexibility index (Phi) is 9.68. The Hall–Kier alpha value is -0.810. The SMILES string of the molecule is CCCCOCCOC(=O)OOCC. The maximum Gasteiger partial charge on any atom is 0.540 e. The van der Waals surface area contributed by atoms with E-state index in [1.165, 1.54) is 0 Å². The van der Waals surface area contributed by atoms with Crippen molar-refractivity contribution in [1.82, 2.24) is 0 Å². The van der Waals surface area contributed by atoms with Gasteiger partial charge in [-0.15, -0.1) is 0 Å². The number of ether oxygens (including phenoxy) is 2. The van der Waals surface area contributed by atoms with Crippen molar-refractivity contribution in [2.24, 2.45) is 0 Å². The molecule has 5 heteroatoms. The molecular weight excluding hydrogens is 188 g/mol. The molecule has 0 aromatic rings. The van der Waals surface area contributed by atoms with Gasteiger partial charge in [-0.25, -0.2) is 4.79 Å². The summed E-state index contributed by atoms with van der Waals surface area (Å²) < 4.78 is 9.77. The summed E-state index contributed by atoms with van der Waals surface area (Å²) in [6.07, 6.45) is 1.28. The van der Waals surface area contributed by atoms with E-state index in [-0.39, 0.29) is 6.61 Å². The highest BCUT2D eigenvalue weighted by Gasteiger charge is 2.03. The molecule has 0 aromatic carbocycles. The van der Waals surface area contributed by atoms with Gasteiger partial charge in [0.25, 0.3) is 0 Å². The van der Waals surface area contributed by atoms with Crippen molar-refractivity contribution in [3.8, 4) is 0 Å². The zero-order chi connectivity index (χ0) is 10.6. The van der Waals surface area contributed by atoms with E-state index >= 15 is 0 Å². The fraction of sp³-hybridized carbons (Fsp3) is 0.889. The van der Waals surface area contributed by atoms with Crippen LogP contribution in [0.25, 0.3) is 0 Å². The topological polar surface area (TPSA) is 54.0 Å². The standard InChI is InChI=1S/C9H18O5/c1-3-5-6-11-7-8-12-9(10)14-13-4-2/h3-8H2,1-2H3. The number of carbonyl (C=O) groups is 1. The van der Waals surface area contributed by atoms with Crippen LogP contribution in [0.3, 0.4) is 0 Å². The normalized spacial score (nSPS) is 9.86. The van der Waals surface area contributed by atoms with Gasteiger partial charge in [0.2, 0.25) is 0 Å². The summed E-state index contributed by atoms with van der Waals surface area (Å²) in [5, 5.41) is 0. The van der Waals surface area contributed by atoms with E-state index in [0.717, 1.165) is 12.8 Å². The first kappa shape index (κ1) is 13.2. The highest BCUT2D eigenvalue weighted by molar-refractivity contribution is 5.58. The van der Waals surface area contributed by atoms with Crippen molar-refractivity contribution in [2.75, 3.05) is 26.4 Å². The second-order valence-electron chi connectivity index (χ2n) is 2.55. The van der Waals surface area contributed by atoms with E-state index in [1.807, 2.05) is 0 Å². The van der Waals surface area contributed by atoms with Crippen LogP contribution in [0, 0.1) is 0 Å². The van der Waals surface area contributed by atoms with Crippen molar-refractivity contribution >= 4 is 6.16 Å². The average molecular weight is 206 g/mol. The summed E-state index contributed by atoms with van der Waals surface area (Å²) in [5.74, 6) is 0. The van der Waals surface area contributed by atoms with Crippen LogP contribution in [0.2, 0.25) is 0 Å². The summed E-state index contributed by atoms with van der Waals surface area (Å²) in [6, 6.07) is 0. The van der Waals surface area contributed by atoms with Gasteiger partial charge in [-0.05, 0) is 13.3 Å². The van der Waals surface area contributed by atoms with Crippen molar-refractivity contribution in [3.05, 3.63) is 0 Å². The first-order chi connectivity index (χ1) is 6.81. The van der Waals surface area contributed by atoms with Crippen molar-refractivity contribution < 1.29 is 24.0 Å². The largest absolute Gasteiger partial charge is 0.540 e. The van der Waals surface area contributed by atoms with Gasteiger partial charge in [0.15, 0.2) is 0 Å². The fourth-order valence-electron chi connectivity index (χ4n) is 0.663. The molecule has 0 saturated carbocycles. The van der Waals surface area contributed by atoms with Gasteiger partial charge in [0.05, 0.1) is 13.2 Å². The van der Waals surface area contributed by atoms with Crippen LogP contribution in [0.15, 0.2) is 0 Å². The Labute approximate surface area is 84.2 Å². The van der Waals surface area contributed by atoms with E-state index in [1.54, 1.807) is 6.92 Å². The monoisotopic (exact) mass is 206 g/mol. The molecule has 0 N–H and O–H groups in total. The molecule has 14 heavy (non-hydrogen) atoms. The maximum absolute atomic E-state index is 10.7. The molecule has 0 aliphatic carbocycles. The summed E-state index contributed by atoms with van der Waals surface area (Å²) >= 11 is 0. The van der Waals surface area contributed by atoms with E-state index < -0.39 is 6.16 Å². The number of carbonyl (C=O) groups excluding carboxylic acids is 1. The number of hydrogen-bond donors (Lipinski definition) is 0. The molecule has 0 fully saturated rings. The lowest BCUT2D eigenvalue weighted by molar-refractivity contribution is -0.251. The molecule has 0 rings (SSSR count). The third-order valence-electron chi connectivity index (χ3n) is 1.33. The van der Waals surface area contributed by atoms with E-state index in [0.29, 0.717) is 19.8 Å². The van der Waals surface area contributed by atoms with Gasteiger partial charge in [0.1, 0.15) is 6.61 Å². The Morgan fingerprint density at radius 2 is 1.93 bits per heavy atom. The average Bonchev–Trinajstić information content (AvgIpc) is 2.20. The molecule has 0 bridgehead atoms. The summed E-state index contributed by atoms with van der Waals surface area (Å²) in [6.45, 7) is 5.37. The van der Waals surface area contributed by atoms with E-state index in [4.69, 9.17) is 4.74 Å². The molecule has 0 atom stereocenters. The minimum absolute atomic E-state index is 0.190. The minimum Gasteiger partial charge on any atom is -0.430 e. The summed E-state index contributed by atoms with van der Waals surface area (Å²) in [5.41, 5.74) is 0. The van der Waals surface area contributed by atoms with E-state index in [9.17, 15) is 4.79 Å². The number of hydrogen-bond acceptors (Lipinski definition) is 5. The lowest BCUT2D eigenvalue weighted by Crippen LogP contribution is -2.12. The molecule has 0 aromatic heterocycles. The second-order valence-corrected chi connectivity index (χ2v) is 2.55. The molecule has 0 radical (unpaired) electrons. The molecule has 0 spiro atoms. The first-order valence-electron chi connectivity index (χ1n) is 4.85. The molecule has 0 amide bonds. The predicted molar refractivity (Wildman–Crippen MR) is 49.8 cm³/mol. The Bertz CT molecular complexity index is 137.